The lowest BCUT2D eigenvalue weighted by atomic mass is 9.95. The molecule has 0 unspecified atom stereocenters. The molecule has 18 heavy (non-hydrogen) atoms. The van der Waals surface area contributed by atoms with Gasteiger partial charge in [0.1, 0.15) is 0 Å². The van der Waals surface area contributed by atoms with Gasteiger partial charge in [0.25, 0.3) is 5.69 Å². The highest BCUT2D eigenvalue weighted by molar-refractivity contribution is 5.39. The van der Waals surface area contributed by atoms with E-state index in [9.17, 15) is 10.1 Å². The van der Waals surface area contributed by atoms with Crippen molar-refractivity contribution < 1.29 is 10.0 Å². The molecule has 1 rings (SSSR count). The molecule has 0 aliphatic rings. The van der Waals surface area contributed by atoms with Crippen LogP contribution in [0.25, 0.3) is 0 Å². The molecule has 100 valence electrons. The maximum absolute atomic E-state index is 10.8. The molecule has 0 fully saturated rings. The molecule has 0 amide bonds. The van der Waals surface area contributed by atoms with Crippen molar-refractivity contribution in [3.05, 3.63) is 39.9 Å². The van der Waals surface area contributed by atoms with Crippen LogP contribution in [0.3, 0.4) is 0 Å². The first-order valence-corrected chi connectivity index (χ1v) is 6.00. The number of para-hydroxylation sites is 1. The van der Waals surface area contributed by atoms with Crippen molar-refractivity contribution in [1.82, 2.24) is 5.32 Å². The van der Waals surface area contributed by atoms with Crippen LogP contribution in [-0.4, -0.2) is 29.7 Å². The first-order valence-electron chi connectivity index (χ1n) is 6.00. The number of hydrogen-bond donors (Lipinski definition) is 2. The fraction of sp³-hybridized carbons (Fsp3) is 0.538. The molecule has 5 nitrogen and oxygen atoms in total. The van der Waals surface area contributed by atoms with Crippen LogP contribution < -0.4 is 5.32 Å². The number of hydrogen-bond acceptors (Lipinski definition) is 4. The van der Waals surface area contributed by atoms with Crippen molar-refractivity contribution in [3.63, 3.8) is 0 Å². The van der Waals surface area contributed by atoms with Crippen LogP contribution in [0, 0.1) is 15.5 Å². The number of aliphatic hydroxyl groups excluding tert-OH is 1. The minimum absolute atomic E-state index is 0.117. The van der Waals surface area contributed by atoms with Crippen molar-refractivity contribution in [2.75, 3.05) is 19.7 Å². The maximum atomic E-state index is 10.8. The van der Waals surface area contributed by atoms with Crippen LogP contribution in [0.2, 0.25) is 0 Å². The molecule has 0 aromatic heterocycles. The molecule has 2 N–H and O–H groups in total. The second-order valence-electron chi connectivity index (χ2n) is 5.13. The Morgan fingerprint density at radius 3 is 2.67 bits per heavy atom. The first-order chi connectivity index (χ1) is 8.46. The Bertz CT molecular complexity index is 405. The molecular weight excluding hydrogens is 232 g/mol. The van der Waals surface area contributed by atoms with Crippen LogP contribution in [0.1, 0.15) is 19.4 Å². The van der Waals surface area contributed by atoms with E-state index in [0.717, 1.165) is 5.56 Å². The van der Waals surface area contributed by atoms with Gasteiger partial charge in [-0.3, -0.25) is 10.1 Å². The second kappa shape index (κ2) is 6.47. The summed E-state index contributed by atoms with van der Waals surface area (Å²) in [5, 5.41) is 23.1. The van der Waals surface area contributed by atoms with Gasteiger partial charge in [-0.1, -0.05) is 32.0 Å². The zero-order valence-corrected chi connectivity index (χ0v) is 10.8. The quantitative estimate of drug-likeness (QED) is 0.440. The van der Waals surface area contributed by atoms with Gasteiger partial charge in [-0.25, -0.2) is 0 Å². The first kappa shape index (κ1) is 14.6. The molecule has 0 radical (unpaired) electrons. The summed E-state index contributed by atoms with van der Waals surface area (Å²) in [5.74, 6) is 0. The predicted octanol–water partition coefficient (Wildman–Crippen LogP) is 1.75. The molecule has 0 atom stereocenters. The van der Waals surface area contributed by atoms with E-state index in [0.29, 0.717) is 19.5 Å². The SMILES string of the molecule is CC(C)(CO)CNCCc1ccccc1[N+](=O)[O-]. The fourth-order valence-electron chi connectivity index (χ4n) is 1.61. The Labute approximate surface area is 107 Å². The number of benzene rings is 1. The van der Waals surface area contributed by atoms with E-state index in [4.69, 9.17) is 5.11 Å². The lowest BCUT2D eigenvalue weighted by Gasteiger charge is -2.21. The summed E-state index contributed by atoms with van der Waals surface area (Å²) in [6.45, 7) is 5.39. The molecule has 0 saturated carbocycles. The monoisotopic (exact) mass is 252 g/mol. The number of nitro benzene ring substituents is 1. The van der Waals surface area contributed by atoms with Crippen molar-refractivity contribution in [3.8, 4) is 0 Å². The smallest absolute Gasteiger partial charge is 0.272 e. The summed E-state index contributed by atoms with van der Waals surface area (Å²) in [5.41, 5.74) is 0.736. The molecule has 0 aliphatic carbocycles. The summed E-state index contributed by atoms with van der Waals surface area (Å²) in [6, 6.07) is 6.77. The van der Waals surface area contributed by atoms with Crippen molar-refractivity contribution in [1.29, 1.82) is 0 Å². The van der Waals surface area contributed by atoms with E-state index >= 15 is 0 Å². The van der Waals surface area contributed by atoms with Crippen LogP contribution in [0.5, 0.6) is 0 Å². The highest BCUT2D eigenvalue weighted by Crippen LogP contribution is 2.18. The zero-order valence-electron chi connectivity index (χ0n) is 10.8. The van der Waals surface area contributed by atoms with Crippen LogP contribution in [-0.2, 0) is 6.42 Å². The van der Waals surface area contributed by atoms with Gasteiger partial charge in [0.05, 0.1) is 4.92 Å². The average Bonchev–Trinajstić information content (AvgIpc) is 2.35. The van der Waals surface area contributed by atoms with E-state index in [-0.39, 0.29) is 22.6 Å². The van der Waals surface area contributed by atoms with Gasteiger partial charge < -0.3 is 10.4 Å². The van der Waals surface area contributed by atoms with Gasteiger partial charge >= 0.3 is 0 Å². The van der Waals surface area contributed by atoms with Crippen molar-refractivity contribution in [2.45, 2.75) is 20.3 Å². The van der Waals surface area contributed by atoms with Crippen LogP contribution >= 0.6 is 0 Å². The Morgan fingerprint density at radius 1 is 1.39 bits per heavy atom. The van der Waals surface area contributed by atoms with Gasteiger partial charge in [-0.05, 0) is 13.0 Å². The largest absolute Gasteiger partial charge is 0.396 e. The Kier molecular flexibility index (Phi) is 5.25. The highest BCUT2D eigenvalue weighted by atomic mass is 16.6. The lowest BCUT2D eigenvalue weighted by molar-refractivity contribution is -0.385. The third kappa shape index (κ3) is 4.43. The molecule has 0 aliphatic heterocycles. The number of nitrogens with one attached hydrogen (secondary N) is 1. The van der Waals surface area contributed by atoms with Crippen LogP contribution in [0.15, 0.2) is 24.3 Å². The molecule has 1 aromatic carbocycles. The number of nitrogens with zero attached hydrogens (tertiary/aromatic N) is 1. The van der Waals surface area contributed by atoms with Gasteiger partial charge in [0, 0.05) is 30.2 Å². The summed E-state index contributed by atoms with van der Waals surface area (Å²) < 4.78 is 0. The summed E-state index contributed by atoms with van der Waals surface area (Å²) in [4.78, 5) is 10.5. The van der Waals surface area contributed by atoms with Gasteiger partial charge in [-0.15, -0.1) is 0 Å². The van der Waals surface area contributed by atoms with Gasteiger partial charge in [0.2, 0.25) is 0 Å². The van der Waals surface area contributed by atoms with Gasteiger partial charge in [-0.2, -0.15) is 0 Å². The predicted molar refractivity (Wildman–Crippen MR) is 70.5 cm³/mol. The van der Waals surface area contributed by atoms with Crippen molar-refractivity contribution in [2.24, 2.45) is 5.41 Å². The minimum atomic E-state index is -0.354. The molecular formula is C13H20N2O3. The van der Waals surface area contributed by atoms with E-state index in [1.165, 1.54) is 6.07 Å². The third-order valence-electron chi connectivity index (χ3n) is 2.79. The zero-order chi connectivity index (χ0) is 13.6. The molecule has 0 bridgehead atoms. The average molecular weight is 252 g/mol. The molecule has 5 heteroatoms. The second-order valence-corrected chi connectivity index (χ2v) is 5.13. The normalized spacial score (nSPS) is 11.5. The molecule has 0 spiro atoms. The Hall–Kier alpha value is -1.46. The fourth-order valence-corrected chi connectivity index (χ4v) is 1.61. The summed E-state index contributed by atoms with van der Waals surface area (Å²) in [7, 11) is 0. The standard InChI is InChI=1S/C13H20N2O3/c1-13(2,10-16)9-14-8-7-11-5-3-4-6-12(11)15(17)18/h3-6,14,16H,7-10H2,1-2H3. The lowest BCUT2D eigenvalue weighted by Crippen LogP contribution is -2.33. The van der Waals surface area contributed by atoms with E-state index < -0.39 is 0 Å². The number of nitro groups is 1. The Morgan fingerprint density at radius 2 is 2.06 bits per heavy atom. The Balaban J connectivity index is 2.47. The van der Waals surface area contributed by atoms with E-state index in [2.05, 4.69) is 5.32 Å². The topological polar surface area (TPSA) is 75.4 Å². The maximum Gasteiger partial charge on any atom is 0.272 e. The van der Waals surface area contributed by atoms with E-state index in [1.807, 2.05) is 13.8 Å². The molecule has 1 aromatic rings. The number of rotatable bonds is 7. The number of aliphatic hydroxyl groups is 1. The van der Waals surface area contributed by atoms with Crippen LogP contribution in [0.4, 0.5) is 5.69 Å². The minimum Gasteiger partial charge on any atom is -0.396 e. The van der Waals surface area contributed by atoms with E-state index in [1.54, 1.807) is 18.2 Å². The highest BCUT2D eigenvalue weighted by Gasteiger charge is 2.16. The molecule has 0 heterocycles. The molecule has 0 saturated heterocycles. The summed E-state index contributed by atoms with van der Waals surface area (Å²) >= 11 is 0. The summed E-state index contributed by atoms with van der Waals surface area (Å²) in [6.07, 6.45) is 0.610. The van der Waals surface area contributed by atoms with Gasteiger partial charge in [0.15, 0.2) is 0 Å². The van der Waals surface area contributed by atoms with Crippen molar-refractivity contribution >= 4 is 5.69 Å². The third-order valence-corrected chi connectivity index (χ3v) is 2.79.